The first-order valence-electron chi connectivity index (χ1n) is 8.85. The summed E-state index contributed by atoms with van der Waals surface area (Å²) in [6.45, 7) is 7.79. The van der Waals surface area contributed by atoms with E-state index >= 15 is 0 Å². The van der Waals surface area contributed by atoms with Crippen LogP contribution in [-0.4, -0.2) is 28.5 Å². The third-order valence-electron chi connectivity index (χ3n) is 4.44. The number of hydrogen-bond acceptors (Lipinski definition) is 4. The summed E-state index contributed by atoms with van der Waals surface area (Å²) in [6.07, 6.45) is 3.83. The number of amides is 1. The highest BCUT2D eigenvalue weighted by molar-refractivity contribution is 5.95. The predicted molar refractivity (Wildman–Crippen MR) is 103 cm³/mol. The highest BCUT2D eigenvalue weighted by Gasteiger charge is 2.26. The standard InChI is InChI=1S/C21H26N2O4/c1-14-10-17(19(24)23-9-7-21(3,4)20(25)26)11-15(2)18(14)27-13-16-6-5-8-22-12-16/h5-6,8,10-12H,7,9,13H2,1-4H3,(H,23,24)(H,25,26). The normalized spacial score (nSPS) is 11.1. The number of carboxylic acids is 1. The molecule has 0 aliphatic heterocycles. The van der Waals surface area contributed by atoms with Crippen LogP contribution in [0.4, 0.5) is 0 Å². The molecule has 0 saturated carbocycles. The molecule has 2 rings (SSSR count). The fourth-order valence-electron chi connectivity index (χ4n) is 2.65. The fraction of sp³-hybridized carbons (Fsp3) is 0.381. The van der Waals surface area contributed by atoms with Gasteiger partial charge in [0.2, 0.25) is 0 Å². The summed E-state index contributed by atoms with van der Waals surface area (Å²) < 4.78 is 5.90. The SMILES string of the molecule is Cc1cc(C(=O)NCCC(C)(C)C(=O)O)cc(C)c1OCc1cccnc1. The van der Waals surface area contributed by atoms with Crippen molar-refractivity contribution in [3.63, 3.8) is 0 Å². The second-order valence-electron chi connectivity index (χ2n) is 7.28. The Kier molecular flexibility index (Phi) is 6.55. The Morgan fingerprint density at radius 3 is 2.44 bits per heavy atom. The van der Waals surface area contributed by atoms with Gasteiger partial charge in [-0.2, -0.15) is 0 Å². The lowest BCUT2D eigenvalue weighted by atomic mass is 9.89. The first-order chi connectivity index (χ1) is 12.7. The van der Waals surface area contributed by atoms with Crippen molar-refractivity contribution in [3.8, 4) is 5.75 Å². The first kappa shape index (κ1) is 20.4. The van der Waals surface area contributed by atoms with E-state index in [2.05, 4.69) is 10.3 Å². The lowest BCUT2D eigenvalue weighted by Crippen LogP contribution is -2.32. The van der Waals surface area contributed by atoms with Crippen LogP contribution in [0.2, 0.25) is 0 Å². The van der Waals surface area contributed by atoms with E-state index < -0.39 is 11.4 Å². The number of aryl methyl sites for hydroxylation is 2. The summed E-state index contributed by atoms with van der Waals surface area (Å²) >= 11 is 0. The number of ether oxygens (including phenoxy) is 1. The highest BCUT2D eigenvalue weighted by atomic mass is 16.5. The van der Waals surface area contributed by atoms with Gasteiger partial charge in [0.25, 0.3) is 5.91 Å². The summed E-state index contributed by atoms with van der Waals surface area (Å²) in [5, 5.41) is 11.9. The lowest BCUT2D eigenvalue weighted by molar-refractivity contribution is -0.147. The minimum absolute atomic E-state index is 0.221. The molecule has 0 aliphatic rings. The molecule has 0 unspecified atom stereocenters. The van der Waals surface area contributed by atoms with Crippen LogP contribution in [0.15, 0.2) is 36.7 Å². The van der Waals surface area contributed by atoms with Crippen molar-refractivity contribution in [1.82, 2.24) is 10.3 Å². The van der Waals surface area contributed by atoms with Crippen LogP contribution < -0.4 is 10.1 Å². The van der Waals surface area contributed by atoms with Gasteiger partial charge in [0.15, 0.2) is 0 Å². The molecule has 6 heteroatoms. The third kappa shape index (κ3) is 5.54. The summed E-state index contributed by atoms with van der Waals surface area (Å²) in [5.74, 6) is -0.345. The van der Waals surface area contributed by atoms with Gasteiger partial charge in [-0.3, -0.25) is 14.6 Å². The van der Waals surface area contributed by atoms with E-state index in [4.69, 9.17) is 9.84 Å². The van der Waals surface area contributed by atoms with Crippen LogP contribution in [0.3, 0.4) is 0 Å². The number of aliphatic carboxylic acids is 1. The Bertz CT molecular complexity index is 793. The van der Waals surface area contributed by atoms with E-state index in [9.17, 15) is 9.59 Å². The van der Waals surface area contributed by atoms with Gasteiger partial charge in [0.05, 0.1) is 5.41 Å². The van der Waals surface area contributed by atoms with Crippen molar-refractivity contribution >= 4 is 11.9 Å². The number of aromatic nitrogens is 1. The van der Waals surface area contributed by atoms with Gasteiger partial charge in [-0.1, -0.05) is 6.07 Å². The van der Waals surface area contributed by atoms with E-state index in [1.165, 1.54) is 0 Å². The van der Waals surface area contributed by atoms with Crippen molar-refractivity contribution in [2.45, 2.75) is 40.7 Å². The number of carboxylic acid groups (broad SMARTS) is 1. The molecule has 1 heterocycles. The number of carbonyl (C=O) groups excluding carboxylic acids is 1. The molecule has 1 aromatic heterocycles. The lowest BCUT2D eigenvalue weighted by Gasteiger charge is -2.19. The topological polar surface area (TPSA) is 88.5 Å². The van der Waals surface area contributed by atoms with Crippen LogP contribution in [-0.2, 0) is 11.4 Å². The number of benzene rings is 1. The van der Waals surface area contributed by atoms with E-state index in [1.54, 1.807) is 38.4 Å². The minimum atomic E-state index is -0.876. The van der Waals surface area contributed by atoms with E-state index in [-0.39, 0.29) is 5.91 Å². The van der Waals surface area contributed by atoms with Crippen LogP contribution in [0, 0.1) is 19.3 Å². The average molecular weight is 370 g/mol. The number of hydrogen-bond donors (Lipinski definition) is 2. The van der Waals surface area contributed by atoms with E-state index in [0.717, 1.165) is 22.4 Å². The maximum Gasteiger partial charge on any atom is 0.309 e. The van der Waals surface area contributed by atoms with Crippen molar-refractivity contribution in [1.29, 1.82) is 0 Å². The van der Waals surface area contributed by atoms with Gasteiger partial charge < -0.3 is 15.2 Å². The summed E-state index contributed by atoms with van der Waals surface area (Å²) in [7, 11) is 0. The molecular formula is C21H26N2O4. The van der Waals surface area contributed by atoms with Crippen molar-refractivity contribution in [3.05, 3.63) is 58.9 Å². The number of rotatable bonds is 8. The van der Waals surface area contributed by atoms with Gasteiger partial charge in [-0.15, -0.1) is 0 Å². The average Bonchev–Trinajstić information content (AvgIpc) is 2.61. The highest BCUT2D eigenvalue weighted by Crippen LogP contribution is 2.26. The molecule has 0 bridgehead atoms. The van der Waals surface area contributed by atoms with Gasteiger partial charge in [-0.05, 0) is 63.4 Å². The van der Waals surface area contributed by atoms with Crippen LogP contribution >= 0.6 is 0 Å². The maximum absolute atomic E-state index is 12.4. The number of pyridine rings is 1. The van der Waals surface area contributed by atoms with Crippen LogP contribution in [0.5, 0.6) is 5.75 Å². The third-order valence-corrected chi connectivity index (χ3v) is 4.44. The number of carbonyl (C=O) groups is 2. The molecule has 0 saturated heterocycles. The molecule has 1 aromatic carbocycles. The molecule has 1 amide bonds. The molecule has 0 spiro atoms. The van der Waals surface area contributed by atoms with Crippen LogP contribution in [0.1, 0.15) is 47.3 Å². The zero-order chi connectivity index (χ0) is 20.0. The Hall–Kier alpha value is -2.89. The van der Waals surface area contributed by atoms with Gasteiger partial charge in [0.1, 0.15) is 12.4 Å². The Morgan fingerprint density at radius 1 is 1.22 bits per heavy atom. The second kappa shape index (κ2) is 8.66. The molecule has 27 heavy (non-hydrogen) atoms. The van der Waals surface area contributed by atoms with Crippen molar-refractivity contribution in [2.75, 3.05) is 6.54 Å². The van der Waals surface area contributed by atoms with Gasteiger partial charge in [0, 0.05) is 30.1 Å². The maximum atomic E-state index is 12.4. The minimum Gasteiger partial charge on any atom is -0.488 e. The summed E-state index contributed by atoms with van der Waals surface area (Å²) in [6, 6.07) is 7.36. The number of nitrogens with zero attached hydrogens (tertiary/aromatic N) is 1. The summed E-state index contributed by atoms with van der Waals surface area (Å²) in [4.78, 5) is 27.6. The summed E-state index contributed by atoms with van der Waals surface area (Å²) in [5.41, 5.74) is 2.37. The van der Waals surface area contributed by atoms with E-state index in [0.29, 0.717) is 25.1 Å². The van der Waals surface area contributed by atoms with Crippen molar-refractivity contribution < 1.29 is 19.4 Å². The zero-order valence-corrected chi connectivity index (χ0v) is 16.2. The molecule has 0 aliphatic carbocycles. The largest absolute Gasteiger partial charge is 0.488 e. The quantitative estimate of drug-likeness (QED) is 0.742. The predicted octanol–water partition coefficient (Wildman–Crippen LogP) is 3.51. The van der Waals surface area contributed by atoms with Gasteiger partial charge in [-0.25, -0.2) is 0 Å². The molecule has 6 nitrogen and oxygen atoms in total. The smallest absolute Gasteiger partial charge is 0.309 e. The Morgan fingerprint density at radius 2 is 1.89 bits per heavy atom. The molecule has 0 atom stereocenters. The van der Waals surface area contributed by atoms with Gasteiger partial charge >= 0.3 is 5.97 Å². The second-order valence-corrected chi connectivity index (χ2v) is 7.28. The Labute approximate surface area is 159 Å². The molecule has 0 fully saturated rings. The molecule has 2 aromatic rings. The van der Waals surface area contributed by atoms with E-state index in [1.807, 2.05) is 26.0 Å². The molecular weight excluding hydrogens is 344 g/mol. The number of nitrogens with one attached hydrogen (secondary N) is 1. The van der Waals surface area contributed by atoms with Crippen LogP contribution in [0.25, 0.3) is 0 Å². The van der Waals surface area contributed by atoms with Crippen molar-refractivity contribution in [2.24, 2.45) is 5.41 Å². The monoisotopic (exact) mass is 370 g/mol. The first-order valence-corrected chi connectivity index (χ1v) is 8.85. The molecule has 144 valence electrons. The molecule has 2 N–H and O–H groups in total. The zero-order valence-electron chi connectivity index (χ0n) is 16.2. The molecule has 0 radical (unpaired) electrons. The Balaban J connectivity index is 2.00. The fourth-order valence-corrected chi connectivity index (χ4v) is 2.65.